The Balaban J connectivity index is 2.96. The molecule has 1 rings (SSSR count). The number of aldehydes is 1. The van der Waals surface area contributed by atoms with Crippen molar-refractivity contribution in [1.82, 2.24) is 4.90 Å². The molecule has 0 heterocycles. The number of rotatable bonds is 3. The fourth-order valence-corrected chi connectivity index (χ4v) is 0.953. The average molecular weight is 218 g/mol. The van der Waals surface area contributed by atoms with Crippen LogP contribution in [0.4, 0.5) is 0 Å². The van der Waals surface area contributed by atoms with E-state index in [1.165, 1.54) is 0 Å². The minimum absolute atomic E-state index is 0.246. The molecule has 1 aromatic carbocycles. The molecular weight excluding hydrogens is 204 g/mol. The van der Waals surface area contributed by atoms with E-state index in [4.69, 9.17) is 5.73 Å². The molecule has 5 nitrogen and oxygen atoms in total. The summed E-state index contributed by atoms with van der Waals surface area (Å²) in [5, 5.41) is 7.55. The van der Waals surface area contributed by atoms with Crippen LogP contribution in [0.1, 0.15) is 5.56 Å². The second-order valence-electron chi connectivity index (χ2n) is 3.32. The Hall–Kier alpha value is -2.17. The Bertz CT molecular complexity index is 409. The van der Waals surface area contributed by atoms with Crippen LogP contribution in [0, 0.1) is 0 Å². The first kappa shape index (κ1) is 11.9. The van der Waals surface area contributed by atoms with Gasteiger partial charge in [-0.3, -0.25) is 4.79 Å². The maximum Gasteiger partial charge on any atom is 0.215 e. The summed E-state index contributed by atoms with van der Waals surface area (Å²) < 4.78 is 0. The van der Waals surface area contributed by atoms with Crippen molar-refractivity contribution >= 4 is 18.0 Å². The standard InChI is InChI=1S/C11H14N4O/c1-15(2)11(12)14-13-10(8-16)9-6-4-3-5-7-9/h3-8H,1-2H3,(H2,12,14)/b13-10+. The number of nitrogens with zero attached hydrogens (tertiary/aromatic N) is 3. The van der Waals surface area contributed by atoms with Crippen LogP contribution in [0.15, 0.2) is 40.5 Å². The van der Waals surface area contributed by atoms with E-state index in [-0.39, 0.29) is 11.7 Å². The highest BCUT2D eigenvalue weighted by Gasteiger charge is 2.00. The quantitative estimate of drug-likeness (QED) is 0.347. The van der Waals surface area contributed by atoms with E-state index < -0.39 is 0 Å². The van der Waals surface area contributed by atoms with E-state index in [0.717, 1.165) is 0 Å². The number of hydrogen-bond donors (Lipinski definition) is 1. The molecule has 0 fully saturated rings. The molecule has 0 amide bonds. The zero-order valence-electron chi connectivity index (χ0n) is 9.29. The third-order valence-corrected chi connectivity index (χ3v) is 1.90. The van der Waals surface area contributed by atoms with E-state index in [2.05, 4.69) is 10.2 Å². The number of carbonyl (C=O) groups is 1. The normalized spacial score (nSPS) is 12.4. The van der Waals surface area contributed by atoms with E-state index >= 15 is 0 Å². The molecular formula is C11H14N4O. The van der Waals surface area contributed by atoms with Gasteiger partial charge in [-0.15, -0.1) is 10.2 Å². The number of guanidine groups is 1. The molecule has 0 unspecified atom stereocenters. The summed E-state index contributed by atoms with van der Waals surface area (Å²) in [5.41, 5.74) is 6.52. The second kappa shape index (κ2) is 5.65. The second-order valence-corrected chi connectivity index (χ2v) is 3.32. The highest BCUT2D eigenvalue weighted by atomic mass is 16.1. The van der Waals surface area contributed by atoms with Gasteiger partial charge in [-0.05, 0) is 0 Å². The van der Waals surface area contributed by atoms with Crippen LogP contribution in [0.25, 0.3) is 0 Å². The van der Waals surface area contributed by atoms with Gasteiger partial charge < -0.3 is 10.6 Å². The van der Waals surface area contributed by atoms with Gasteiger partial charge in [0.1, 0.15) is 5.71 Å². The van der Waals surface area contributed by atoms with E-state index in [9.17, 15) is 4.79 Å². The largest absolute Gasteiger partial charge is 0.368 e. The minimum Gasteiger partial charge on any atom is -0.368 e. The highest BCUT2D eigenvalue weighted by molar-refractivity contribution is 6.36. The van der Waals surface area contributed by atoms with Crippen LogP contribution < -0.4 is 5.73 Å². The SMILES string of the molecule is CN(C)/C(N)=N/N=C(\C=O)c1ccccc1. The molecule has 0 saturated heterocycles. The summed E-state index contributed by atoms with van der Waals surface area (Å²) in [6.07, 6.45) is 0.655. The first-order valence-corrected chi connectivity index (χ1v) is 4.74. The molecule has 0 aliphatic rings. The molecule has 1 aromatic rings. The Kier molecular flexibility index (Phi) is 4.20. The molecule has 0 aromatic heterocycles. The Morgan fingerprint density at radius 1 is 1.25 bits per heavy atom. The predicted octanol–water partition coefficient (Wildman–Crippen LogP) is 0.466. The molecule has 0 saturated carbocycles. The molecule has 0 aliphatic carbocycles. The van der Waals surface area contributed by atoms with Crippen LogP contribution in [0.2, 0.25) is 0 Å². The summed E-state index contributed by atoms with van der Waals surface area (Å²) in [6.45, 7) is 0. The van der Waals surface area contributed by atoms with Crippen LogP contribution in [-0.2, 0) is 4.79 Å². The molecule has 0 atom stereocenters. The molecule has 0 bridgehead atoms. The molecule has 84 valence electrons. The molecule has 0 aliphatic heterocycles. The number of hydrogen-bond acceptors (Lipinski definition) is 3. The van der Waals surface area contributed by atoms with Gasteiger partial charge in [0.05, 0.1) is 0 Å². The molecule has 16 heavy (non-hydrogen) atoms. The van der Waals surface area contributed by atoms with Gasteiger partial charge in [-0.25, -0.2) is 0 Å². The monoisotopic (exact) mass is 218 g/mol. The lowest BCUT2D eigenvalue weighted by molar-refractivity contribution is -0.102. The van der Waals surface area contributed by atoms with E-state index in [0.29, 0.717) is 11.8 Å². The first-order chi connectivity index (χ1) is 7.65. The summed E-state index contributed by atoms with van der Waals surface area (Å²) >= 11 is 0. The van der Waals surface area contributed by atoms with Gasteiger partial charge >= 0.3 is 0 Å². The summed E-state index contributed by atoms with van der Waals surface area (Å²) in [6, 6.07) is 9.09. The van der Waals surface area contributed by atoms with Crippen LogP contribution in [0.5, 0.6) is 0 Å². The first-order valence-electron chi connectivity index (χ1n) is 4.74. The van der Waals surface area contributed by atoms with Crippen molar-refractivity contribution < 1.29 is 4.79 Å². The van der Waals surface area contributed by atoms with Crippen LogP contribution >= 0.6 is 0 Å². The van der Waals surface area contributed by atoms with Gasteiger partial charge in [0.15, 0.2) is 6.29 Å². The lowest BCUT2D eigenvalue weighted by Gasteiger charge is -2.08. The van der Waals surface area contributed by atoms with Crippen molar-refractivity contribution in [2.75, 3.05) is 14.1 Å². The van der Waals surface area contributed by atoms with Crippen molar-refractivity contribution in [3.8, 4) is 0 Å². The highest BCUT2D eigenvalue weighted by Crippen LogP contribution is 2.00. The van der Waals surface area contributed by atoms with Gasteiger partial charge in [0.2, 0.25) is 5.96 Å². The maximum absolute atomic E-state index is 10.8. The molecule has 0 spiro atoms. The number of nitrogens with two attached hydrogens (primary N) is 1. The topological polar surface area (TPSA) is 71.0 Å². The Morgan fingerprint density at radius 3 is 2.38 bits per heavy atom. The van der Waals surface area contributed by atoms with Gasteiger partial charge in [0, 0.05) is 19.7 Å². The molecule has 2 N–H and O–H groups in total. The Morgan fingerprint density at radius 2 is 1.88 bits per heavy atom. The van der Waals surface area contributed by atoms with Crippen LogP contribution in [-0.4, -0.2) is 37.0 Å². The van der Waals surface area contributed by atoms with Crippen molar-refractivity contribution in [3.05, 3.63) is 35.9 Å². The fourth-order valence-electron chi connectivity index (χ4n) is 0.953. The minimum atomic E-state index is 0.246. The average Bonchev–Trinajstić information content (AvgIpc) is 2.30. The fraction of sp³-hybridized carbons (Fsp3) is 0.182. The third kappa shape index (κ3) is 3.20. The number of benzene rings is 1. The predicted molar refractivity (Wildman–Crippen MR) is 64.4 cm³/mol. The van der Waals surface area contributed by atoms with E-state index in [1.54, 1.807) is 31.1 Å². The zero-order chi connectivity index (χ0) is 12.0. The van der Waals surface area contributed by atoms with Gasteiger partial charge in [-0.2, -0.15) is 0 Å². The smallest absolute Gasteiger partial charge is 0.215 e. The van der Waals surface area contributed by atoms with Crippen molar-refractivity contribution in [2.45, 2.75) is 0 Å². The molecule has 0 radical (unpaired) electrons. The van der Waals surface area contributed by atoms with Crippen molar-refractivity contribution in [3.63, 3.8) is 0 Å². The lowest BCUT2D eigenvalue weighted by atomic mass is 10.1. The van der Waals surface area contributed by atoms with Crippen LogP contribution in [0.3, 0.4) is 0 Å². The molecule has 5 heteroatoms. The number of carbonyl (C=O) groups excluding carboxylic acids is 1. The summed E-state index contributed by atoms with van der Waals surface area (Å²) in [7, 11) is 3.49. The third-order valence-electron chi connectivity index (χ3n) is 1.90. The lowest BCUT2D eigenvalue weighted by Crippen LogP contribution is -2.29. The Labute approximate surface area is 94.3 Å². The maximum atomic E-state index is 10.8. The summed E-state index contributed by atoms with van der Waals surface area (Å²) in [4.78, 5) is 12.4. The van der Waals surface area contributed by atoms with Gasteiger partial charge in [-0.1, -0.05) is 30.3 Å². The van der Waals surface area contributed by atoms with Crippen molar-refractivity contribution in [1.29, 1.82) is 0 Å². The van der Waals surface area contributed by atoms with Gasteiger partial charge in [0.25, 0.3) is 0 Å². The van der Waals surface area contributed by atoms with E-state index in [1.807, 2.05) is 18.2 Å². The zero-order valence-corrected chi connectivity index (χ0v) is 9.29. The summed E-state index contributed by atoms with van der Waals surface area (Å²) in [5.74, 6) is 0.246. The van der Waals surface area contributed by atoms with Crippen molar-refractivity contribution in [2.24, 2.45) is 15.9 Å².